The largest absolute Gasteiger partial charge is 0.351 e. The molecule has 6 nitrogen and oxygen atoms in total. The molecule has 1 aromatic rings. The lowest BCUT2D eigenvalue weighted by atomic mass is 10.1. The summed E-state index contributed by atoms with van der Waals surface area (Å²) in [5.74, 6) is -3.39. The second-order valence-electron chi connectivity index (χ2n) is 6.69. The minimum Gasteiger partial charge on any atom is -0.351 e. The van der Waals surface area contributed by atoms with Gasteiger partial charge in [0, 0.05) is 32.1 Å². The first-order valence-electron chi connectivity index (χ1n) is 8.06. The molecule has 0 aliphatic carbocycles. The molecule has 3 rings (SSSR count). The van der Waals surface area contributed by atoms with Gasteiger partial charge in [0.05, 0.1) is 18.8 Å². The van der Waals surface area contributed by atoms with Crippen molar-refractivity contribution in [2.45, 2.75) is 31.0 Å². The standard InChI is InChI=1S/C16H21F2N3O3S/c1-25(23,24)20-9-13(10-20)21-11-16(17,18)7-14(21)15(22)19-8-12-5-3-2-4-6-12/h2-6,13-14H,7-11H2,1H3,(H,19,22)/t14-/m0/s1. The summed E-state index contributed by atoms with van der Waals surface area (Å²) >= 11 is 0. The predicted octanol–water partition coefficient (Wildman–Crippen LogP) is 0.656. The van der Waals surface area contributed by atoms with Gasteiger partial charge >= 0.3 is 0 Å². The van der Waals surface area contributed by atoms with E-state index in [9.17, 15) is 22.0 Å². The highest BCUT2D eigenvalue weighted by molar-refractivity contribution is 7.88. The average molecular weight is 373 g/mol. The van der Waals surface area contributed by atoms with E-state index in [2.05, 4.69) is 5.32 Å². The minimum absolute atomic E-state index is 0.150. The van der Waals surface area contributed by atoms with E-state index in [1.165, 1.54) is 9.21 Å². The van der Waals surface area contributed by atoms with Crippen molar-refractivity contribution in [1.29, 1.82) is 0 Å². The molecule has 0 aromatic heterocycles. The maximum atomic E-state index is 13.9. The van der Waals surface area contributed by atoms with Gasteiger partial charge in [-0.05, 0) is 5.56 Å². The Bertz CT molecular complexity index is 736. The zero-order chi connectivity index (χ0) is 18.2. The van der Waals surface area contributed by atoms with Gasteiger partial charge in [-0.3, -0.25) is 9.69 Å². The first-order valence-corrected chi connectivity index (χ1v) is 9.91. The number of hydrogen-bond donors (Lipinski definition) is 1. The van der Waals surface area contributed by atoms with E-state index in [-0.39, 0.29) is 25.7 Å². The number of benzene rings is 1. The number of carbonyl (C=O) groups excluding carboxylic acids is 1. The molecule has 2 heterocycles. The third kappa shape index (κ3) is 4.16. The van der Waals surface area contributed by atoms with Crippen molar-refractivity contribution >= 4 is 15.9 Å². The molecule has 1 N–H and O–H groups in total. The van der Waals surface area contributed by atoms with E-state index in [0.29, 0.717) is 0 Å². The summed E-state index contributed by atoms with van der Waals surface area (Å²) in [6, 6.07) is 7.93. The molecule has 2 fully saturated rings. The lowest BCUT2D eigenvalue weighted by Crippen LogP contribution is -2.63. The highest BCUT2D eigenvalue weighted by Crippen LogP contribution is 2.35. The summed E-state index contributed by atoms with van der Waals surface area (Å²) in [6.07, 6.45) is 0.550. The maximum absolute atomic E-state index is 13.9. The van der Waals surface area contributed by atoms with Crippen molar-refractivity contribution < 1.29 is 22.0 Å². The Hall–Kier alpha value is -1.58. The molecule has 0 bridgehead atoms. The lowest BCUT2D eigenvalue weighted by molar-refractivity contribution is -0.127. The van der Waals surface area contributed by atoms with E-state index in [1.807, 2.05) is 30.3 Å². The molecular formula is C16H21F2N3O3S. The van der Waals surface area contributed by atoms with E-state index in [4.69, 9.17) is 0 Å². The molecular weight excluding hydrogens is 352 g/mol. The summed E-state index contributed by atoms with van der Waals surface area (Å²) in [5.41, 5.74) is 0.888. The topological polar surface area (TPSA) is 69.7 Å². The number of rotatable bonds is 5. The second-order valence-corrected chi connectivity index (χ2v) is 8.67. The molecule has 0 unspecified atom stereocenters. The van der Waals surface area contributed by atoms with Crippen molar-refractivity contribution in [1.82, 2.24) is 14.5 Å². The molecule has 0 spiro atoms. The van der Waals surface area contributed by atoms with E-state index >= 15 is 0 Å². The molecule has 0 radical (unpaired) electrons. The fourth-order valence-corrected chi connectivity index (χ4v) is 4.15. The smallest absolute Gasteiger partial charge is 0.262 e. The Morgan fingerprint density at radius 3 is 2.52 bits per heavy atom. The van der Waals surface area contributed by atoms with Crippen molar-refractivity contribution in [3.63, 3.8) is 0 Å². The second kappa shape index (κ2) is 6.62. The Kier molecular flexibility index (Phi) is 4.82. The van der Waals surface area contributed by atoms with Crippen LogP contribution in [0.15, 0.2) is 30.3 Å². The predicted molar refractivity (Wildman–Crippen MR) is 88.6 cm³/mol. The summed E-state index contributed by atoms with van der Waals surface area (Å²) in [4.78, 5) is 13.9. The van der Waals surface area contributed by atoms with Crippen LogP contribution in [-0.2, 0) is 21.4 Å². The molecule has 25 heavy (non-hydrogen) atoms. The molecule has 2 aliphatic heterocycles. The summed E-state index contributed by atoms with van der Waals surface area (Å²) < 4.78 is 51.9. The van der Waals surface area contributed by atoms with Crippen LogP contribution in [0.3, 0.4) is 0 Å². The van der Waals surface area contributed by atoms with Crippen LogP contribution in [0.1, 0.15) is 12.0 Å². The average Bonchev–Trinajstić information content (AvgIpc) is 2.78. The van der Waals surface area contributed by atoms with Gasteiger partial charge in [0.25, 0.3) is 5.92 Å². The van der Waals surface area contributed by atoms with Gasteiger partial charge in [-0.25, -0.2) is 17.2 Å². The number of hydrogen-bond acceptors (Lipinski definition) is 4. The van der Waals surface area contributed by atoms with E-state index in [0.717, 1.165) is 11.8 Å². The number of carbonyl (C=O) groups is 1. The summed E-state index contributed by atoms with van der Waals surface area (Å²) in [6.45, 7) is 0.0587. The highest BCUT2D eigenvalue weighted by Gasteiger charge is 2.52. The molecule has 138 valence electrons. The fourth-order valence-electron chi connectivity index (χ4n) is 3.27. The summed E-state index contributed by atoms with van der Waals surface area (Å²) in [5, 5.41) is 2.71. The normalized spacial score (nSPS) is 24.8. The van der Waals surface area contributed by atoms with E-state index < -0.39 is 40.9 Å². The zero-order valence-corrected chi connectivity index (χ0v) is 14.7. The van der Waals surface area contributed by atoms with Gasteiger partial charge in [-0.2, -0.15) is 4.31 Å². The van der Waals surface area contributed by atoms with Crippen LogP contribution in [0.2, 0.25) is 0 Å². The molecule has 2 saturated heterocycles. The first kappa shape index (κ1) is 18.2. The molecule has 0 saturated carbocycles. The minimum atomic E-state index is -3.32. The number of nitrogens with one attached hydrogen (secondary N) is 1. The Morgan fingerprint density at radius 1 is 1.28 bits per heavy atom. The van der Waals surface area contributed by atoms with Gasteiger partial charge < -0.3 is 5.32 Å². The Balaban J connectivity index is 1.63. The number of amides is 1. The number of likely N-dealkylation sites (tertiary alicyclic amines) is 1. The van der Waals surface area contributed by atoms with Gasteiger partial charge in [0.15, 0.2) is 0 Å². The number of nitrogens with zero attached hydrogens (tertiary/aromatic N) is 2. The van der Waals surface area contributed by atoms with Crippen LogP contribution < -0.4 is 5.32 Å². The zero-order valence-electron chi connectivity index (χ0n) is 13.9. The third-order valence-corrected chi connectivity index (χ3v) is 5.92. The lowest BCUT2D eigenvalue weighted by Gasteiger charge is -2.44. The summed E-state index contributed by atoms with van der Waals surface area (Å²) in [7, 11) is -3.32. The molecule has 1 amide bonds. The van der Waals surface area contributed by atoms with Crippen LogP contribution in [0.4, 0.5) is 8.78 Å². The van der Waals surface area contributed by atoms with Gasteiger partial charge in [-0.1, -0.05) is 30.3 Å². The van der Waals surface area contributed by atoms with Crippen LogP contribution in [-0.4, -0.2) is 67.4 Å². The van der Waals surface area contributed by atoms with Crippen molar-refractivity contribution in [2.24, 2.45) is 0 Å². The Morgan fingerprint density at radius 2 is 1.92 bits per heavy atom. The maximum Gasteiger partial charge on any atom is 0.262 e. The monoisotopic (exact) mass is 373 g/mol. The van der Waals surface area contributed by atoms with Gasteiger partial charge in [-0.15, -0.1) is 0 Å². The molecule has 9 heteroatoms. The van der Waals surface area contributed by atoms with Crippen molar-refractivity contribution in [3.05, 3.63) is 35.9 Å². The van der Waals surface area contributed by atoms with Crippen molar-refractivity contribution in [2.75, 3.05) is 25.9 Å². The highest BCUT2D eigenvalue weighted by atomic mass is 32.2. The first-order chi connectivity index (χ1) is 11.7. The van der Waals surface area contributed by atoms with Gasteiger partial charge in [0.2, 0.25) is 15.9 Å². The molecule has 1 aromatic carbocycles. The fraction of sp³-hybridized carbons (Fsp3) is 0.562. The number of sulfonamides is 1. The van der Waals surface area contributed by atoms with Crippen LogP contribution in [0.5, 0.6) is 0 Å². The quantitative estimate of drug-likeness (QED) is 0.823. The molecule has 2 aliphatic rings. The number of alkyl halides is 2. The van der Waals surface area contributed by atoms with E-state index in [1.54, 1.807) is 0 Å². The van der Waals surface area contributed by atoms with Crippen LogP contribution >= 0.6 is 0 Å². The van der Waals surface area contributed by atoms with Crippen LogP contribution in [0.25, 0.3) is 0 Å². The third-order valence-electron chi connectivity index (χ3n) is 4.69. The number of halogens is 2. The van der Waals surface area contributed by atoms with Crippen LogP contribution in [0, 0.1) is 0 Å². The molecule has 1 atom stereocenters. The van der Waals surface area contributed by atoms with Crippen molar-refractivity contribution in [3.8, 4) is 0 Å². The van der Waals surface area contributed by atoms with Gasteiger partial charge in [0.1, 0.15) is 0 Å². The SMILES string of the molecule is CS(=O)(=O)N1CC(N2CC(F)(F)C[C@H]2C(=O)NCc2ccccc2)C1. The Labute approximate surface area is 145 Å².